The minimum atomic E-state index is 0.771. The van der Waals surface area contributed by atoms with Gasteiger partial charge in [0.1, 0.15) is 5.75 Å². The molecule has 0 N–H and O–H groups in total. The first-order chi connectivity index (χ1) is 15.7. The Hall–Kier alpha value is -3.78. The van der Waals surface area contributed by atoms with Gasteiger partial charge in [-0.25, -0.2) is 4.68 Å². The first kappa shape index (κ1) is 20.1. The molecule has 0 atom stereocenters. The molecule has 0 saturated heterocycles. The van der Waals surface area contributed by atoms with Gasteiger partial charge in [-0.15, -0.1) is 10.2 Å². The van der Waals surface area contributed by atoms with Crippen LogP contribution in [-0.2, 0) is 12.8 Å². The van der Waals surface area contributed by atoms with Crippen molar-refractivity contribution in [1.82, 2.24) is 29.1 Å². The Morgan fingerprint density at radius 1 is 0.906 bits per heavy atom. The molecule has 8 heteroatoms. The third-order valence-corrected chi connectivity index (χ3v) is 6.29. The van der Waals surface area contributed by atoms with Gasteiger partial charge in [0.25, 0.3) is 0 Å². The number of hydrogen-bond acceptors (Lipinski definition) is 5. The highest BCUT2D eigenvalue weighted by atomic mass is 32.2. The topological polar surface area (TPSA) is 62.7 Å². The molecule has 0 aliphatic heterocycles. The molecule has 160 valence electrons. The highest BCUT2D eigenvalue weighted by Crippen LogP contribution is 2.30. The van der Waals surface area contributed by atoms with E-state index >= 15 is 0 Å². The van der Waals surface area contributed by atoms with E-state index in [0.717, 1.165) is 39.6 Å². The van der Waals surface area contributed by atoms with E-state index in [1.54, 1.807) is 18.9 Å². The normalized spacial score (nSPS) is 11.1. The summed E-state index contributed by atoms with van der Waals surface area (Å²) in [5, 5.41) is 14.5. The van der Waals surface area contributed by atoms with Gasteiger partial charge in [-0.1, -0.05) is 42.1 Å². The highest BCUT2D eigenvalue weighted by molar-refractivity contribution is 7.98. The Morgan fingerprint density at radius 2 is 1.66 bits per heavy atom. The Bertz CT molecular complexity index is 1310. The van der Waals surface area contributed by atoms with Crippen molar-refractivity contribution < 1.29 is 4.74 Å². The monoisotopic (exact) mass is 442 g/mol. The lowest BCUT2D eigenvalue weighted by atomic mass is 10.2. The second-order valence-electron chi connectivity index (χ2n) is 7.22. The molecule has 0 spiro atoms. The number of thioether (sulfide) groups is 1. The average molecular weight is 443 g/mol. The summed E-state index contributed by atoms with van der Waals surface area (Å²) in [6.07, 6.45) is 5.87. The lowest BCUT2D eigenvalue weighted by Crippen LogP contribution is -2.06. The van der Waals surface area contributed by atoms with Crippen molar-refractivity contribution >= 4 is 11.8 Å². The molecule has 0 bridgehead atoms. The van der Waals surface area contributed by atoms with Crippen molar-refractivity contribution in [2.45, 2.75) is 10.9 Å². The molecule has 0 unspecified atom stereocenters. The highest BCUT2D eigenvalue weighted by Gasteiger charge is 2.21. The van der Waals surface area contributed by atoms with Crippen molar-refractivity contribution in [2.24, 2.45) is 7.05 Å². The Kier molecular flexibility index (Phi) is 5.51. The van der Waals surface area contributed by atoms with Gasteiger partial charge in [-0.2, -0.15) is 5.10 Å². The lowest BCUT2D eigenvalue weighted by molar-refractivity contribution is 0.414. The van der Waals surface area contributed by atoms with Gasteiger partial charge in [0.2, 0.25) is 0 Å². The molecule has 5 aromatic rings. The average Bonchev–Trinajstić information content (AvgIpc) is 3.58. The van der Waals surface area contributed by atoms with Gasteiger partial charge in [0.05, 0.1) is 24.6 Å². The van der Waals surface area contributed by atoms with Crippen molar-refractivity contribution in [2.75, 3.05) is 7.11 Å². The molecule has 2 aromatic carbocycles. The smallest absolute Gasteiger partial charge is 0.191 e. The van der Waals surface area contributed by atoms with E-state index in [-0.39, 0.29) is 0 Å². The van der Waals surface area contributed by atoms with Crippen molar-refractivity contribution in [3.8, 4) is 28.6 Å². The quantitative estimate of drug-likeness (QED) is 0.340. The Balaban J connectivity index is 1.48. The number of hydrogen-bond donors (Lipinski definition) is 0. The molecular formula is C24H22N6OS. The van der Waals surface area contributed by atoms with Crippen molar-refractivity contribution in [3.05, 3.63) is 90.9 Å². The fraction of sp³-hybridized carbons (Fsp3) is 0.125. The van der Waals surface area contributed by atoms with Crippen LogP contribution in [0.25, 0.3) is 22.9 Å². The summed E-state index contributed by atoms with van der Waals surface area (Å²) < 4.78 is 11.2. The molecule has 0 radical (unpaired) electrons. The largest absolute Gasteiger partial charge is 0.497 e. The first-order valence-electron chi connectivity index (χ1n) is 10.2. The fourth-order valence-corrected chi connectivity index (χ4v) is 4.39. The van der Waals surface area contributed by atoms with Gasteiger partial charge in [-0.3, -0.25) is 0 Å². The minimum Gasteiger partial charge on any atom is -0.497 e. The third kappa shape index (κ3) is 3.80. The van der Waals surface area contributed by atoms with Crippen molar-refractivity contribution in [1.29, 1.82) is 0 Å². The van der Waals surface area contributed by atoms with Crippen LogP contribution in [0.3, 0.4) is 0 Å². The van der Waals surface area contributed by atoms with E-state index in [1.807, 2.05) is 94.1 Å². The lowest BCUT2D eigenvalue weighted by Gasteiger charge is -2.11. The summed E-state index contributed by atoms with van der Waals surface area (Å²) in [5.41, 5.74) is 3.10. The molecule has 32 heavy (non-hydrogen) atoms. The zero-order valence-electron chi connectivity index (χ0n) is 17.8. The summed E-state index contributed by atoms with van der Waals surface area (Å²) in [4.78, 5) is 0. The van der Waals surface area contributed by atoms with Crippen LogP contribution in [0.4, 0.5) is 0 Å². The van der Waals surface area contributed by atoms with Gasteiger partial charge in [0, 0.05) is 25.2 Å². The summed E-state index contributed by atoms with van der Waals surface area (Å²) in [6.45, 7) is 0. The second kappa shape index (κ2) is 8.76. The molecule has 0 aliphatic carbocycles. The maximum Gasteiger partial charge on any atom is 0.191 e. The zero-order valence-corrected chi connectivity index (χ0v) is 18.6. The van der Waals surface area contributed by atoms with Gasteiger partial charge < -0.3 is 13.9 Å². The van der Waals surface area contributed by atoms with E-state index in [2.05, 4.69) is 27.4 Å². The number of ether oxygens (including phenoxy) is 1. The predicted molar refractivity (Wildman–Crippen MR) is 125 cm³/mol. The summed E-state index contributed by atoms with van der Waals surface area (Å²) in [7, 11) is 3.66. The molecule has 0 aliphatic rings. The van der Waals surface area contributed by atoms with E-state index < -0.39 is 0 Å². The minimum absolute atomic E-state index is 0.771. The number of nitrogens with zero attached hydrogens (tertiary/aromatic N) is 6. The van der Waals surface area contributed by atoms with Crippen LogP contribution in [-0.4, -0.2) is 36.2 Å². The van der Waals surface area contributed by atoms with Crippen LogP contribution in [0.2, 0.25) is 0 Å². The standard InChI is InChI=1S/C24H22N6OS/c1-28-22(26-27-24(28)32-17-18-10-12-20(31-2)13-11-18)21-16-25-30(19-8-4-3-5-9-19)23(21)29-14-6-7-15-29/h3-16H,17H2,1-2H3. The number of para-hydroxylation sites is 1. The van der Waals surface area contributed by atoms with Gasteiger partial charge in [0.15, 0.2) is 16.8 Å². The van der Waals surface area contributed by atoms with E-state index in [1.165, 1.54) is 5.56 Å². The predicted octanol–water partition coefficient (Wildman–Crippen LogP) is 4.76. The van der Waals surface area contributed by atoms with Crippen LogP contribution >= 0.6 is 11.8 Å². The van der Waals surface area contributed by atoms with Gasteiger partial charge in [-0.05, 0) is 42.0 Å². The van der Waals surface area contributed by atoms with Crippen LogP contribution in [0.1, 0.15) is 5.56 Å². The van der Waals surface area contributed by atoms with E-state index in [9.17, 15) is 0 Å². The van der Waals surface area contributed by atoms with E-state index in [0.29, 0.717) is 0 Å². The van der Waals surface area contributed by atoms with Crippen LogP contribution in [0, 0.1) is 0 Å². The Morgan fingerprint density at radius 3 is 2.38 bits per heavy atom. The molecule has 3 heterocycles. The molecule has 3 aromatic heterocycles. The number of aromatic nitrogens is 6. The first-order valence-corrected chi connectivity index (χ1v) is 11.2. The van der Waals surface area contributed by atoms with Crippen LogP contribution in [0.5, 0.6) is 5.75 Å². The SMILES string of the molecule is COc1ccc(CSc2nnc(-c3cnn(-c4ccccc4)c3-n3cccc3)n2C)cc1. The van der Waals surface area contributed by atoms with Crippen LogP contribution < -0.4 is 4.74 Å². The number of benzene rings is 2. The Labute approximate surface area is 190 Å². The van der Waals surface area contributed by atoms with Crippen molar-refractivity contribution in [3.63, 3.8) is 0 Å². The molecule has 0 fully saturated rings. The molecule has 0 amide bonds. The maximum absolute atomic E-state index is 5.24. The van der Waals surface area contributed by atoms with Crippen LogP contribution in [0.15, 0.2) is 90.5 Å². The number of methoxy groups -OCH3 is 1. The molecular weight excluding hydrogens is 420 g/mol. The zero-order chi connectivity index (χ0) is 21.9. The molecule has 7 nitrogen and oxygen atoms in total. The third-order valence-electron chi connectivity index (χ3n) is 5.20. The summed E-state index contributed by atoms with van der Waals surface area (Å²) in [6, 6.07) is 22.2. The summed E-state index contributed by atoms with van der Waals surface area (Å²) in [5.74, 6) is 3.34. The molecule has 5 rings (SSSR count). The second-order valence-corrected chi connectivity index (χ2v) is 8.16. The summed E-state index contributed by atoms with van der Waals surface area (Å²) >= 11 is 1.65. The molecule has 0 saturated carbocycles. The van der Waals surface area contributed by atoms with E-state index in [4.69, 9.17) is 4.74 Å². The number of rotatable bonds is 7. The van der Waals surface area contributed by atoms with Gasteiger partial charge >= 0.3 is 0 Å². The fourth-order valence-electron chi connectivity index (χ4n) is 3.53. The maximum atomic E-state index is 5.24.